The smallest absolute Gasteiger partial charge is 0.266 e. The Morgan fingerprint density at radius 2 is 1.83 bits per heavy atom. The van der Waals surface area contributed by atoms with Crippen LogP contribution in [0.3, 0.4) is 0 Å². The largest absolute Gasteiger partial charge is 0.490 e. The van der Waals surface area contributed by atoms with E-state index < -0.39 is 5.91 Å². The van der Waals surface area contributed by atoms with Crippen LogP contribution in [-0.2, 0) is 17.8 Å². The molecule has 0 spiro atoms. The van der Waals surface area contributed by atoms with E-state index in [0.29, 0.717) is 52.4 Å². The summed E-state index contributed by atoms with van der Waals surface area (Å²) in [7, 11) is 0. The molecule has 0 atom stereocenters. The van der Waals surface area contributed by atoms with Gasteiger partial charge in [-0.2, -0.15) is 5.26 Å². The Balaban J connectivity index is 1.93. The second kappa shape index (κ2) is 12.7. The maximum atomic E-state index is 12.7. The van der Waals surface area contributed by atoms with Crippen molar-refractivity contribution in [1.29, 1.82) is 5.26 Å². The first kappa shape index (κ1) is 25.9. The van der Waals surface area contributed by atoms with Gasteiger partial charge in [0.1, 0.15) is 18.2 Å². The summed E-state index contributed by atoms with van der Waals surface area (Å²) in [6, 6.07) is 19.7. The highest BCUT2D eigenvalue weighted by atomic mass is 35.5. The third-order valence-electron chi connectivity index (χ3n) is 4.85. The predicted molar refractivity (Wildman–Crippen MR) is 141 cm³/mol. The number of halogens is 2. The molecule has 35 heavy (non-hydrogen) atoms. The van der Waals surface area contributed by atoms with Gasteiger partial charge in [-0.05, 0) is 73.0 Å². The molecule has 0 saturated heterocycles. The summed E-state index contributed by atoms with van der Waals surface area (Å²) in [5, 5.41) is 13.4. The summed E-state index contributed by atoms with van der Waals surface area (Å²) in [5.41, 5.74) is 2.78. The van der Waals surface area contributed by atoms with Gasteiger partial charge in [0.2, 0.25) is 0 Å². The highest BCUT2D eigenvalue weighted by Gasteiger charge is 2.16. The lowest BCUT2D eigenvalue weighted by molar-refractivity contribution is -0.112. The maximum Gasteiger partial charge on any atom is 0.266 e. The van der Waals surface area contributed by atoms with Crippen molar-refractivity contribution in [3.63, 3.8) is 0 Å². The van der Waals surface area contributed by atoms with Crippen molar-refractivity contribution in [2.45, 2.75) is 20.0 Å². The number of ether oxygens (including phenoxy) is 2. The van der Waals surface area contributed by atoms with Gasteiger partial charge in [0.05, 0.1) is 6.61 Å². The molecule has 0 aliphatic rings. The Hall–Kier alpha value is -3.72. The number of rotatable bonds is 10. The number of benzene rings is 3. The summed E-state index contributed by atoms with van der Waals surface area (Å²) in [4.78, 5) is 12.7. The lowest BCUT2D eigenvalue weighted by atomic mass is 10.0. The van der Waals surface area contributed by atoms with Crippen molar-refractivity contribution < 1.29 is 14.3 Å². The zero-order valence-corrected chi connectivity index (χ0v) is 20.7. The molecule has 0 radical (unpaired) electrons. The molecule has 3 aromatic carbocycles. The van der Waals surface area contributed by atoms with Crippen LogP contribution in [0.2, 0.25) is 10.0 Å². The average Bonchev–Trinajstić information content (AvgIpc) is 2.82. The molecule has 5 nitrogen and oxygen atoms in total. The minimum Gasteiger partial charge on any atom is -0.490 e. The fraction of sp³-hybridized carbons (Fsp3) is 0.143. The molecule has 0 fully saturated rings. The summed E-state index contributed by atoms with van der Waals surface area (Å²) in [6.07, 6.45) is 3.76. The van der Waals surface area contributed by atoms with Crippen LogP contribution < -0.4 is 14.8 Å². The maximum absolute atomic E-state index is 12.7. The summed E-state index contributed by atoms with van der Waals surface area (Å²) < 4.78 is 12.0. The van der Waals surface area contributed by atoms with Crippen molar-refractivity contribution in [3.8, 4) is 17.6 Å². The van der Waals surface area contributed by atoms with Crippen LogP contribution in [0.5, 0.6) is 11.5 Å². The van der Waals surface area contributed by atoms with Crippen LogP contribution in [-0.4, -0.2) is 12.5 Å². The van der Waals surface area contributed by atoms with Gasteiger partial charge in [-0.3, -0.25) is 4.79 Å². The molecule has 0 aliphatic heterocycles. The minimum absolute atomic E-state index is 0.0652. The average molecular weight is 507 g/mol. The van der Waals surface area contributed by atoms with Crippen molar-refractivity contribution in [2.24, 2.45) is 0 Å². The normalized spacial score (nSPS) is 10.9. The standard InChI is InChI=1S/C28H24Cl2N2O3/c1-3-7-21-12-20(13-22(17-31)28(33)32-25-11-6-10-24(30)16-25)15-26(34-4-2)27(21)35-18-19-8-5-9-23(29)14-19/h3,5-6,8-16H,1,4,7,18H2,2H3,(H,32,33)/b22-13+. The Labute approximate surface area is 215 Å². The third kappa shape index (κ3) is 7.38. The van der Waals surface area contributed by atoms with E-state index in [1.54, 1.807) is 42.5 Å². The zero-order valence-electron chi connectivity index (χ0n) is 19.2. The molecule has 1 N–H and O–H groups in total. The lowest BCUT2D eigenvalue weighted by Gasteiger charge is -2.17. The first-order valence-electron chi connectivity index (χ1n) is 10.9. The van der Waals surface area contributed by atoms with Crippen LogP contribution in [0.4, 0.5) is 5.69 Å². The molecule has 0 bridgehead atoms. The van der Waals surface area contributed by atoms with E-state index in [1.807, 2.05) is 37.3 Å². The molecule has 0 saturated carbocycles. The molecule has 1 amide bonds. The van der Waals surface area contributed by atoms with E-state index in [1.165, 1.54) is 6.08 Å². The highest BCUT2D eigenvalue weighted by molar-refractivity contribution is 6.31. The fourth-order valence-corrected chi connectivity index (χ4v) is 3.77. The molecule has 7 heteroatoms. The van der Waals surface area contributed by atoms with Crippen LogP contribution in [0.15, 0.2) is 78.9 Å². The number of carbonyl (C=O) groups is 1. The van der Waals surface area contributed by atoms with Crippen LogP contribution in [0.1, 0.15) is 23.6 Å². The van der Waals surface area contributed by atoms with E-state index in [4.69, 9.17) is 32.7 Å². The lowest BCUT2D eigenvalue weighted by Crippen LogP contribution is -2.13. The SMILES string of the molecule is C=CCc1cc(/C=C(\C#N)C(=O)Nc2cccc(Cl)c2)cc(OCC)c1OCc1cccc(Cl)c1. The van der Waals surface area contributed by atoms with Crippen LogP contribution >= 0.6 is 23.2 Å². The number of hydrogen-bond donors (Lipinski definition) is 1. The summed E-state index contributed by atoms with van der Waals surface area (Å²) in [5.74, 6) is 0.540. The van der Waals surface area contributed by atoms with Crippen molar-refractivity contribution in [3.05, 3.63) is 106 Å². The van der Waals surface area contributed by atoms with Gasteiger partial charge in [0.15, 0.2) is 11.5 Å². The van der Waals surface area contributed by atoms with Crippen LogP contribution in [0, 0.1) is 11.3 Å². The molecule has 3 aromatic rings. The number of nitrogens with one attached hydrogen (secondary N) is 1. The number of hydrogen-bond acceptors (Lipinski definition) is 4. The molecule has 0 heterocycles. The van der Waals surface area contributed by atoms with Gasteiger partial charge in [0, 0.05) is 21.3 Å². The van der Waals surface area contributed by atoms with E-state index in [9.17, 15) is 10.1 Å². The second-order valence-electron chi connectivity index (χ2n) is 7.49. The number of anilines is 1. The summed E-state index contributed by atoms with van der Waals surface area (Å²) >= 11 is 12.1. The predicted octanol–water partition coefficient (Wildman–Crippen LogP) is 7.25. The number of nitriles is 1. The Morgan fingerprint density at radius 3 is 2.49 bits per heavy atom. The zero-order chi connectivity index (χ0) is 25.2. The Bertz CT molecular complexity index is 1300. The van der Waals surface area contributed by atoms with Gasteiger partial charge in [-0.15, -0.1) is 6.58 Å². The fourth-order valence-electron chi connectivity index (χ4n) is 3.36. The van der Waals surface area contributed by atoms with Gasteiger partial charge < -0.3 is 14.8 Å². The van der Waals surface area contributed by atoms with Gasteiger partial charge in [-0.1, -0.05) is 47.5 Å². The highest BCUT2D eigenvalue weighted by Crippen LogP contribution is 2.35. The van der Waals surface area contributed by atoms with E-state index in [-0.39, 0.29) is 5.57 Å². The van der Waals surface area contributed by atoms with Crippen molar-refractivity contribution >= 4 is 40.9 Å². The number of allylic oxidation sites excluding steroid dienone is 1. The number of amides is 1. The van der Waals surface area contributed by atoms with Gasteiger partial charge >= 0.3 is 0 Å². The number of carbonyl (C=O) groups excluding carboxylic acids is 1. The topological polar surface area (TPSA) is 71.4 Å². The van der Waals surface area contributed by atoms with Crippen LogP contribution in [0.25, 0.3) is 6.08 Å². The third-order valence-corrected chi connectivity index (χ3v) is 5.32. The molecule has 3 rings (SSSR count). The van der Waals surface area contributed by atoms with E-state index >= 15 is 0 Å². The van der Waals surface area contributed by atoms with Crippen molar-refractivity contribution in [1.82, 2.24) is 0 Å². The molecular formula is C28H24Cl2N2O3. The Kier molecular flexibility index (Phi) is 9.37. The quantitative estimate of drug-likeness (QED) is 0.178. The molecule has 178 valence electrons. The monoisotopic (exact) mass is 506 g/mol. The molecule has 0 unspecified atom stereocenters. The summed E-state index contributed by atoms with van der Waals surface area (Å²) in [6.45, 7) is 6.41. The van der Waals surface area contributed by atoms with Gasteiger partial charge in [-0.25, -0.2) is 0 Å². The van der Waals surface area contributed by atoms with E-state index in [0.717, 1.165) is 11.1 Å². The van der Waals surface area contributed by atoms with Crippen molar-refractivity contribution in [2.75, 3.05) is 11.9 Å². The van der Waals surface area contributed by atoms with Gasteiger partial charge in [0.25, 0.3) is 5.91 Å². The number of nitrogens with zero attached hydrogens (tertiary/aromatic N) is 1. The minimum atomic E-state index is -0.542. The van der Waals surface area contributed by atoms with E-state index in [2.05, 4.69) is 11.9 Å². The first-order chi connectivity index (χ1) is 16.9. The molecular weight excluding hydrogens is 483 g/mol. The first-order valence-corrected chi connectivity index (χ1v) is 11.7. The molecule has 0 aromatic heterocycles. The molecule has 0 aliphatic carbocycles. The Morgan fingerprint density at radius 1 is 1.09 bits per heavy atom. The second-order valence-corrected chi connectivity index (χ2v) is 8.36.